The first-order chi connectivity index (χ1) is 18.5. The van der Waals surface area contributed by atoms with Crippen molar-refractivity contribution in [1.82, 2.24) is 15.3 Å². The third-order valence-corrected chi connectivity index (χ3v) is 7.66. The molecule has 1 aliphatic rings. The first kappa shape index (κ1) is 26.0. The first-order valence-corrected chi connectivity index (χ1v) is 13.8. The summed E-state index contributed by atoms with van der Waals surface area (Å²) in [6, 6.07) is 17.8. The van der Waals surface area contributed by atoms with E-state index in [1.54, 1.807) is 6.20 Å². The van der Waals surface area contributed by atoms with Crippen LogP contribution in [-0.2, 0) is 4.74 Å². The highest BCUT2D eigenvalue weighted by atomic mass is 16.5. The molecule has 0 radical (unpaired) electrons. The van der Waals surface area contributed by atoms with Crippen molar-refractivity contribution in [3.8, 4) is 22.4 Å². The van der Waals surface area contributed by atoms with E-state index in [2.05, 4.69) is 53.4 Å². The molecule has 1 amide bonds. The van der Waals surface area contributed by atoms with E-state index < -0.39 is 0 Å². The van der Waals surface area contributed by atoms with Crippen LogP contribution in [-0.4, -0.2) is 35.6 Å². The van der Waals surface area contributed by atoms with Crippen LogP contribution in [0.1, 0.15) is 67.8 Å². The summed E-state index contributed by atoms with van der Waals surface area (Å²) in [6.45, 7) is 6.77. The van der Waals surface area contributed by atoms with Gasteiger partial charge in [0.05, 0.1) is 11.3 Å². The van der Waals surface area contributed by atoms with Crippen LogP contribution in [0.2, 0.25) is 0 Å². The zero-order valence-corrected chi connectivity index (χ0v) is 22.3. The van der Waals surface area contributed by atoms with Crippen molar-refractivity contribution in [2.24, 2.45) is 5.92 Å². The van der Waals surface area contributed by atoms with Gasteiger partial charge < -0.3 is 20.0 Å². The Bertz CT molecular complexity index is 1460. The molecule has 0 saturated carbocycles. The molecule has 1 fully saturated rings. The molecular weight excluding hydrogens is 474 g/mol. The van der Waals surface area contributed by atoms with Crippen LogP contribution in [0.3, 0.4) is 0 Å². The average Bonchev–Trinajstić information content (AvgIpc) is 3.32. The Morgan fingerprint density at radius 1 is 1.05 bits per heavy atom. The second-order valence-electron chi connectivity index (χ2n) is 10.6. The topological polar surface area (TPSA) is 87.0 Å². The lowest BCUT2D eigenvalue weighted by atomic mass is 9.94. The third-order valence-electron chi connectivity index (χ3n) is 7.66. The molecule has 3 heterocycles. The highest BCUT2D eigenvalue weighted by Gasteiger charge is 2.19. The predicted molar refractivity (Wildman–Crippen MR) is 154 cm³/mol. The number of amides is 1. The van der Waals surface area contributed by atoms with Crippen LogP contribution >= 0.6 is 0 Å². The Kier molecular flexibility index (Phi) is 8.08. The summed E-state index contributed by atoms with van der Waals surface area (Å²) in [5.74, 6) is 1.06. The van der Waals surface area contributed by atoms with Gasteiger partial charge in [0.1, 0.15) is 0 Å². The van der Waals surface area contributed by atoms with Gasteiger partial charge in [-0.2, -0.15) is 0 Å². The zero-order chi connectivity index (χ0) is 26.5. The van der Waals surface area contributed by atoms with Gasteiger partial charge in [-0.05, 0) is 72.6 Å². The number of unbranched alkanes of at least 4 members (excludes halogenated alkanes) is 1. The van der Waals surface area contributed by atoms with Gasteiger partial charge in [-0.25, -0.2) is 0 Å². The Balaban J connectivity index is 1.41. The molecule has 6 nitrogen and oxygen atoms in total. The van der Waals surface area contributed by atoms with Crippen LogP contribution in [0.15, 0.2) is 65.6 Å². The van der Waals surface area contributed by atoms with Crippen LogP contribution in [0.4, 0.5) is 0 Å². The first-order valence-electron chi connectivity index (χ1n) is 13.8. The maximum Gasteiger partial charge on any atom is 0.257 e. The Morgan fingerprint density at radius 3 is 2.68 bits per heavy atom. The number of aromatic amines is 2. The Labute approximate surface area is 223 Å². The van der Waals surface area contributed by atoms with Gasteiger partial charge in [0.15, 0.2) is 0 Å². The van der Waals surface area contributed by atoms with Crippen molar-refractivity contribution in [3.63, 3.8) is 0 Å². The van der Waals surface area contributed by atoms with Gasteiger partial charge in [0, 0.05) is 48.0 Å². The predicted octanol–water partition coefficient (Wildman–Crippen LogP) is 6.64. The molecule has 3 N–H and O–H groups in total. The van der Waals surface area contributed by atoms with Gasteiger partial charge in [0.25, 0.3) is 11.5 Å². The molecule has 38 heavy (non-hydrogen) atoms. The normalized spacial score (nSPS) is 14.3. The molecule has 0 unspecified atom stereocenters. The lowest BCUT2D eigenvalue weighted by Crippen LogP contribution is -2.24. The summed E-state index contributed by atoms with van der Waals surface area (Å²) >= 11 is 0. The average molecular weight is 512 g/mol. The van der Waals surface area contributed by atoms with Crippen molar-refractivity contribution in [2.75, 3.05) is 19.8 Å². The fourth-order valence-electron chi connectivity index (χ4n) is 5.40. The summed E-state index contributed by atoms with van der Waals surface area (Å²) in [5.41, 5.74) is 5.87. The summed E-state index contributed by atoms with van der Waals surface area (Å²) in [6.07, 6.45) is 7.25. The number of carbonyl (C=O) groups is 1. The number of carbonyl (C=O) groups excluding carboxylic acids is 1. The van der Waals surface area contributed by atoms with Crippen molar-refractivity contribution in [1.29, 1.82) is 0 Å². The van der Waals surface area contributed by atoms with E-state index in [1.165, 1.54) is 12.0 Å². The minimum Gasteiger partial charge on any atom is -0.381 e. The van der Waals surface area contributed by atoms with Gasteiger partial charge in [0.2, 0.25) is 0 Å². The molecule has 2 aromatic heterocycles. The van der Waals surface area contributed by atoms with Crippen LogP contribution in [0, 0.1) is 5.92 Å². The number of nitrogens with one attached hydrogen (secondary N) is 3. The molecule has 4 aromatic rings. The highest BCUT2D eigenvalue weighted by Crippen LogP contribution is 2.38. The van der Waals surface area contributed by atoms with E-state index in [4.69, 9.17) is 4.74 Å². The van der Waals surface area contributed by atoms with Gasteiger partial charge >= 0.3 is 0 Å². The van der Waals surface area contributed by atoms with Crippen molar-refractivity contribution >= 4 is 16.8 Å². The zero-order valence-electron chi connectivity index (χ0n) is 22.3. The van der Waals surface area contributed by atoms with E-state index >= 15 is 0 Å². The van der Waals surface area contributed by atoms with Crippen molar-refractivity contribution in [2.45, 2.75) is 51.9 Å². The van der Waals surface area contributed by atoms with Gasteiger partial charge in [-0.1, -0.05) is 51.0 Å². The molecular formula is C32H37N3O3. The van der Waals surface area contributed by atoms with E-state index in [-0.39, 0.29) is 11.5 Å². The number of fused-ring (bicyclic) bond motifs is 1. The molecule has 2 aromatic carbocycles. The van der Waals surface area contributed by atoms with E-state index in [0.717, 1.165) is 72.5 Å². The lowest BCUT2D eigenvalue weighted by Gasteiger charge is -2.21. The number of pyridine rings is 1. The second-order valence-corrected chi connectivity index (χ2v) is 10.6. The Morgan fingerprint density at radius 2 is 1.89 bits per heavy atom. The number of aromatic nitrogens is 2. The molecule has 1 aliphatic heterocycles. The van der Waals surface area contributed by atoms with Crippen molar-refractivity contribution in [3.05, 3.63) is 82.3 Å². The quantitative estimate of drug-likeness (QED) is 0.220. The fourth-order valence-corrected chi connectivity index (χ4v) is 5.40. The minimum absolute atomic E-state index is 0.0693. The number of rotatable bonds is 9. The van der Waals surface area contributed by atoms with Gasteiger partial charge in [-0.15, -0.1) is 0 Å². The Hall–Kier alpha value is -3.64. The molecule has 0 spiro atoms. The standard InChI is InChI=1S/C32H37N3O3/c1-21(2)23-8-5-9-24(19-23)29-27-20-25(31(36)33-15-4-3-7-22-13-17-38-18-14-22)11-12-28(27)35-30(29)26-10-6-16-34-32(26)37/h5-6,8-12,16,19-22,35H,3-4,7,13-15,17-18H2,1-2H3,(H,33,36)(H,34,37). The maximum atomic E-state index is 13.1. The molecule has 0 aliphatic carbocycles. The lowest BCUT2D eigenvalue weighted by molar-refractivity contribution is 0.0631. The number of benzene rings is 2. The van der Waals surface area contributed by atoms with E-state index in [1.807, 2.05) is 30.3 Å². The molecule has 198 valence electrons. The van der Waals surface area contributed by atoms with Crippen molar-refractivity contribution < 1.29 is 9.53 Å². The minimum atomic E-state index is -0.154. The summed E-state index contributed by atoms with van der Waals surface area (Å²) in [4.78, 5) is 32.1. The molecule has 0 bridgehead atoms. The summed E-state index contributed by atoms with van der Waals surface area (Å²) < 4.78 is 5.45. The molecule has 1 saturated heterocycles. The maximum absolute atomic E-state index is 13.1. The summed E-state index contributed by atoms with van der Waals surface area (Å²) in [5, 5.41) is 4.03. The van der Waals surface area contributed by atoms with Crippen LogP contribution < -0.4 is 10.9 Å². The fraction of sp³-hybridized carbons (Fsp3) is 0.375. The monoisotopic (exact) mass is 511 g/mol. The smallest absolute Gasteiger partial charge is 0.257 e. The second kappa shape index (κ2) is 11.8. The largest absolute Gasteiger partial charge is 0.381 e. The van der Waals surface area contributed by atoms with E-state index in [9.17, 15) is 9.59 Å². The molecule has 0 atom stereocenters. The highest BCUT2D eigenvalue weighted by molar-refractivity contribution is 6.07. The SMILES string of the molecule is CC(C)c1cccc(-c2c(-c3ccc[nH]c3=O)[nH]c3ccc(C(=O)NCCCCC4CCOCC4)cc23)c1. The van der Waals surface area contributed by atoms with Gasteiger partial charge in [-0.3, -0.25) is 9.59 Å². The number of hydrogen-bond donors (Lipinski definition) is 3. The summed E-state index contributed by atoms with van der Waals surface area (Å²) in [7, 11) is 0. The number of H-pyrrole nitrogens is 2. The van der Waals surface area contributed by atoms with E-state index in [0.29, 0.717) is 23.6 Å². The third kappa shape index (κ3) is 5.76. The number of ether oxygens (including phenoxy) is 1. The number of hydrogen-bond acceptors (Lipinski definition) is 3. The molecule has 6 heteroatoms. The van der Waals surface area contributed by atoms with Crippen LogP contribution in [0.5, 0.6) is 0 Å². The molecule has 5 rings (SSSR count). The van der Waals surface area contributed by atoms with Crippen LogP contribution in [0.25, 0.3) is 33.3 Å².